The van der Waals surface area contributed by atoms with Crippen molar-refractivity contribution in [2.45, 2.75) is 52.0 Å². The Morgan fingerprint density at radius 2 is 1.85 bits per heavy atom. The summed E-state index contributed by atoms with van der Waals surface area (Å²) in [7, 11) is 1.43. The summed E-state index contributed by atoms with van der Waals surface area (Å²) in [6.07, 6.45) is 2.29. The second-order valence-corrected chi connectivity index (χ2v) is 12.1. The van der Waals surface area contributed by atoms with Gasteiger partial charge in [0.15, 0.2) is 0 Å². The number of ether oxygens (including phenoxy) is 2. The lowest BCUT2D eigenvalue weighted by Crippen LogP contribution is -2.55. The number of carbonyl (C=O) groups is 1. The van der Waals surface area contributed by atoms with Crippen LogP contribution >= 0.6 is 11.3 Å². The van der Waals surface area contributed by atoms with Gasteiger partial charge in [-0.1, -0.05) is 41.7 Å². The summed E-state index contributed by atoms with van der Waals surface area (Å²) in [5.41, 5.74) is 0.759. The lowest BCUT2D eigenvalue weighted by molar-refractivity contribution is -0.142. The Hall–Kier alpha value is -4.70. The first-order chi connectivity index (χ1) is 22.6. The summed E-state index contributed by atoms with van der Waals surface area (Å²) in [6.45, 7) is 4.38. The number of aromatic nitrogens is 5. The monoisotopic (exact) mass is 666 g/mol. The zero-order valence-electron chi connectivity index (χ0n) is 26.3. The minimum atomic E-state index is -1.73. The normalized spacial score (nSPS) is 12.4. The molecule has 2 N–H and O–H groups in total. The van der Waals surface area contributed by atoms with E-state index in [4.69, 9.17) is 14.3 Å². The van der Waals surface area contributed by atoms with Crippen LogP contribution in [0.4, 0.5) is 4.39 Å². The van der Waals surface area contributed by atoms with Gasteiger partial charge in [-0.25, -0.2) is 19.2 Å². The third-order valence-corrected chi connectivity index (χ3v) is 8.94. The third kappa shape index (κ3) is 6.88. The van der Waals surface area contributed by atoms with Crippen molar-refractivity contribution >= 4 is 27.5 Å². The molecule has 1 atom stereocenters. The maximum Gasteiger partial charge on any atom is 0.333 e. The molecule has 1 amide bonds. The van der Waals surface area contributed by atoms with Gasteiger partial charge in [-0.2, -0.15) is 10.2 Å². The van der Waals surface area contributed by atoms with Crippen molar-refractivity contribution in [3.05, 3.63) is 104 Å². The highest BCUT2D eigenvalue weighted by Gasteiger charge is 2.36. The van der Waals surface area contributed by atoms with E-state index in [1.165, 1.54) is 60.9 Å². The zero-order valence-corrected chi connectivity index (χ0v) is 27.1. The number of rotatable bonds is 14. The molecule has 0 aliphatic heterocycles. The molecule has 0 spiro atoms. The van der Waals surface area contributed by atoms with Gasteiger partial charge in [0.1, 0.15) is 33.0 Å². The molecule has 248 valence electrons. The molecular formula is C32H35FN6O7S. The highest BCUT2D eigenvalue weighted by atomic mass is 32.1. The lowest BCUT2D eigenvalue weighted by atomic mass is 10.0. The van der Waals surface area contributed by atoms with Crippen molar-refractivity contribution < 1.29 is 28.6 Å². The number of nitrogens with one attached hydrogen (secondary N) is 1. The fourth-order valence-electron chi connectivity index (χ4n) is 5.14. The molecule has 13 nitrogen and oxygen atoms in total. The van der Waals surface area contributed by atoms with E-state index in [2.05, 4.69) is 15.7 Å². The topological polar surface area (TPSA) is 152 Å². The van der Waals surface area contributed by atoms with Crippen LogP contribution in [-0.4, -0.2) is 55.5 Å². The predicted molar refractivity (Wildman–Crippen MR) is 172 cm³/mol. The lowest BCUT2D eigenvalue weighted by Gasteiger charge is -2.27. The maximum absolute atomic E-state index is 14.6. The SMILES string of the molecule is COc1ccc(F)cc1[C@H](Cn1c(=O)n(C(C)(C)C(=O)NOCc2ccccc2)c(=O)c2c(C)c(-n3nccn3)sc21)OCCCO. The number of thiophene rings is 1. The fourth-order valence-corrected chi connectivity index (χ4v) is 6.36. The van der Waals surface area contributed by atoms with E-state index in [1.807, 2.05) is 30.3 Å². The number of hydrogen-bond donors (Lipinski definition) is 2. The molecule has 0 aliphatic carbocycles. The molecule has 0 saturated carbocycles. The average Bonchev–Trinajstić information content (AvgIpc) is 3.71. The Labute approximate surface area is 272 Å². The number of benzene rings is 2. The molecule has 0 saturated heterocycles. The van der Waals surface area contributed by atoms with E-state index < -0.39 is 34.6 Å². The zero-order chi connectivity index (χ0) is 33.7. The van der Waals surface area contributed by atoms with Crippen LogP contribution in [0.3, 0.4) is 0 Å². The minimum absolute atomic E-state index is 0.0625. The van der Waals surface area contributed by atoms with Gasteiger partial charge in [0.05, 0.1) is 38.0 Å². The quantitative estimate of drug-likeness (QED) is 0.134. The van der Waals surface area contributed by atoms with Gasteiger partial charge in [0.25, 0.3) is 11.5 Å². The van der Waals surface area contributed by atoms with Crippen LogP contribution in [0.2, 0.25) is 0 Å². The number of halogens is 1. The first kappa shape index (κ1) is 33.7. The molecule has 0 aliphatic rings. The highest BCUT2D eigenvalue weighted by molar-refractivity contribution is 7.21. The second kappa shape index (κ2) is 14.4. The molecule has 2 aromatic carbocycles. The van der Waals surface area contributed by atoms with E-state index in [0.717, 1.165) is 21.5 Å². The summed E-state index contributed by atoms with van der Waals surface area (Å²) >= 11 is 1.12. The highest BCUT2D eigenvalue weighted by Crippen LogP contribution is 2.34. The number of aliphatic hydroxyl groups excluding tert-OH is 1. The molecule has 15 heteroatoms. The van der Waals surface area contributed by atoms with E-state index >= 15 is 0 Å². The van der Waals surface area contributed by atoms with Crippen LogP contribution in [0.15, 0.2) is 70.5 Å². The standard InChI is InChI=1S/C32H35FN6O7S/c1-20-26-27(41)38(32(2,3)30(42)36-46-19-21-9-6-5-7-10-21)31(43)37(29(26)47-28(20)39-34-13-14-35-39)18-25(45-16-8-15-40)23-17-22(33)11-12-24(23)44-4/h5-7,9-14,17,25,40H,8,15-16,18-19H2,1-4H3,(H,36,42)/t25-/m0/s1. The molecule has 3 aromatic heterocycles. The number of hydrogen-bond acceptors (Lipinski definition) is 10. The van der Waals surface area contributed by atoms with Crippen molar-refractivity contribution in [2.75, 3.05) is 20.3 Å². The van der Waals surface area contributed by atoms with E-state index in [9.17, 15) is 23.9 Å². The molecule has 5 aromatic rings. The van der Waals surface area contributed by atoms with Crippen LogP contribution in [0.1, 0.15) is 43.1 Å². The molecule has 0 radical (unpaired) electrons. The number of fused-ring (bicyclic) bond motifs is 1. The van der Waals surface area contributed by atoms with Crippen LogP contribution in [0.25, 0.3) is 15.2 Å². The fraction of sp³-hybridized carbons (Fsp3) is 0.344. The number of aryl methyl sites for hydroxylation is 1. The largest absolute Gasteiger partial charge is 0.496 e. The van der Waals surface area contributed by atoms with Gasteiger partial charge in [0, 0.05) is 24.3 Å². The van der Waals surface area contributed by atoms with Crippen LogP contribution in [0, 0.1) is 12.7 Å². The smallest absolute Gasteiger partial charge is 0.333 e. The van der Waals surface area contributed by atoms with Crippen LogP contribution < -0.4 is 21.5 Å². The van der Waals surface area contributed by atoms with Gasteiger partial charge in [0.2, 0.25) is 0 Å². The molecule has 0 unspecified atom stereocenters. The minimum Gasteiger partial charge on any atom is -0.496 e. The summed E-state index contributed by atoms with van der Waals surface area (Å²) in [5.74, 6) is -0.966. The summed E-state index contributed by atoms with van der Waals surface area (Å²) in [5, 5.41) is 18.5. The average molecular weight is 667 g/mol. The van der Waals surface area contributed by atoms with Gasteiger partial charge in [-0.15, -0.1) is 4.80 Å². The van der Waals surface area contributed by atoms with Crippen molar-refractivity contribution in [3.63, 3.8) is 0 Å². The molecule has 0 bridgehead atoms. The van der Waals surface area contributed by atoms with Gasteiger partial charge >= 0.3 is 5.69 Å². The molecule has 0 fully saturated rings. The number of nitrogens with zero attached hydrogens (tertiary/aromatic N) is 5. The van der Waals surface area contributed by atoms with Crippen molar-refractivity contribution in [1.82, 2.24) is 29.6 Å². The Morgan fingerprint density at radius 1 is 1.13 bits per heavy atom. The van der Waals surface area contributed by atoms with Crippen LogP contribution in [0.5, 0.6) is 5.75 Å². The summed E-state index contributed by atoms with van der Waals surface area (Å²) in [6, 6.07) is 13.1. The van der Waals surface area contributed by atoms with Crippen molar-refractivity contribution in [2.24, 2.45) is 0 Å². The van der Waals surface area contributed by atoms with Gasteiger partial charge in [-0.3, -0.25) is 19.0 Å². The molecular weight excluding hydrogens is 631 g/mol. The van der Waals surface area contributed by atoms with Gasteiger partial charge in [-0.05, 0) is 51.0 Å². The predicted octanol–water partition coefficient (Wildman–Crippen LogP) is 3.38. The number of amides is 1. The number of aliphatic hydroxyl groups is 1. The summed E-state index contributed by atoms with van der Waals surface area (Å²) < 4.78 is 28.4. The van der Waals surface area contributed by atoms with E-state index in [1.54, 1.807) is 6.92 Å². The Kier molecular flexibility index (Phi) is 10.3. The van der Waals surface area contributed by atoms with Gasteiger partial charge < -0.3 is 14.6 Å². The Morgan fingerprint density at radius 3 is 2.53 bits per heavy atom. The first-order valence-corrected chi connectivity index (χ1v) is 15.6. The Balaban J connectivity index is 1.65. The number of carbonyl (C=O) groups excluding carboxylic acids is 1. The van der Waals surface area contributed by atoms with Crippen LogP contribution in [-0.2, 0) is 33.1 Å². The van der Waals surface area contributed by atoms with Crippen molar-refractivity contribution in [3.8, 4) is 10.8 Å². The second-order valence-electron chi connectivity index (χ2n) is 11.2. The molecule has 3 heterocycles. The van der Waals surface area contributed by atoms with Crippen molar-refractivity contribution in [1.29, 1.82) is 0 Å². The third-order valence-electron chi connectivity index (χ3n) is 7.66. The number of methoxy groups -OCH3 is 1. The molecule has 47 heavy (non-hydrogen) atoms. The van der Waals surface area contributed by atoms with E-state index in [0.29, 0.717) is 21.9 Å². The Bertz CT molecular complexity index is 1970. The summed E-state index contributed by atoms with van der Waals surface area (Å²) in [4.78, 5) is 49.3. The van der Waals surface area contributed by atoms with E-state index in [-0.39, 0.29) is 43.0 Å². The first-order valence-electron chi connectivity index (χ1n) is 14.8. The maximum atomic E-state index is 14.6. The number of hydroxylamine groups is 1. The molecule has 5 rings (SSSR count).